The Balaban J connectivity index is 1.79. The highest BCUT2D eigenvalue weighted by Crippen LogP contribution is 2.34. The molecule has 1 aliphatic rings. The Labute approximate surface area is 204 Å². The van der Waals surface area contributed by atoms with Crippen molar-refractivity contribution < 1.29 is 23.7 Å². The van der Waals surface area contributed by atoms with Crippen LogP contribution in [0.4, 0.5) is 0 Å². The lowest BCUT2D eigenvalue weighted by atomic mass is 10.1. The third-order valence-electron chi connectivity index (χ3n) is 6.10. The molecular weight excluding hydrogens is 450 g/mol. The largest absolute Gasteiger partial charge is 0.454 e. The summed E-state index contributed by atoms with van der Waals surface area (Å²) in [7, 11) is 3.23. The first-order valence-electron chi connectivity index (χ1n) is 11.8. The van der Waals surface area contributed by atoms with Crippen molar-refractivity contribution in [3.05, 3.63) is 64.2 Å². The van der Waals surface area contributed by atoms with Crippen LogP contribution in [0.2, 0.25) is 0 Å². The van der Waals surface area contributed by atoms with Gasteiger partial charge in [-0.25, -0.2) is 4.98 Å². The van der Waals surface area contributed by atoms with Crippen LogP contribution in [0.15, 0.2) is 47.3 Å². The SMILES string of the molecule is CCC(c1nc2ccccc2c(=O)n1CCOC)N(CCCOC)C(=O)c1ccc2c(c1)OCO2. The van der Waals surface area contributed by atoms with Crippen molar-refractivity contribution in [2.45, 2.75) is 32.4 Å². The monoisotopic (exact) mass is 481 g/mol. The maximum atomic E-state index is 13.8. The highest BCUT2D eigenvalue weighted by Gasteiger charge is 2.30. The first kappa shape index (κ1) is 24.7. The van der Waals surface area contributed by atoms with Gasteiger partial charge in [-0.05, 0) is 43.2 Å². The van der Waals surface area contributed by atoms with Crippen LogP contribution >= 0.6 is 0 Å². The number of carbonyl (C=O) groups is 1. The van der Waals surface area contributed by atoms with Crippen molar-refractivity contribution in [2.75, 3.05) is 40.8 Å². The van der Waals surface area contributed by atoms with Gasteiger partial charge in [-0.3, -0.25) is 14.2 Å². The summed E-state index contributed by atoms with van der Waals surface area (Å²) in [4.78, 5) is 33.9. The van der Waals surface area contributed by atoms with Gasteiger partial charge in [0.15, 0.2) is 11.5 Å². The van der Waals surface area contributed by atoms with E-state index in [1.165, 1.54) is 0 Å². The third kappa shape index (κ3) is 5.16. The molecule has 9 nitrogen and oxygen atoms in total. The number of methoxy groups -OCH3 is 2. The molecule has 0 bridgehead atoms. The number of rotatable bonds is 11. The lowest BCUT2D eigenvalue weighted by Crippen LogP contribution is -2.40. The number of nitrogens with zero attached hydrogens (tertiary/aromatic N) is 3. The van der Waals surface area contributed by atoms with Gasteiger partial charge in [0.25, 0.3) is 11.5 Å². The molecule has 35 heavy (non-hydrogen) atoms. The van der Waals surface area contributed by atoms with E-state index in [1.54, 1.807) is 48.0 Å². The summed E-state index contributed by atoms with van der Waals surface area (Å²) in [6.45, 7) is 3.75. The molecule has 0 N–H and O–H groups in total. The van der Waals surface area contributed by atoms with Crippen LogP contribution in [-0.4, -0.2) is 61.1 Å². The minimum Gasteiger partial charge on any atom is -0.454 e. The molecule has 2 aromatic carbocycles. The maximum absolute atomic E-state index is 13.8. The summed E-state index contributed by atoms with van der Waals surface area (Å²) in [5.74, 6) is 1.53. The fourth-order valence-electron chi connectivity index (χ4n) is 4.35. The second-order valence-corrected chi connectivity index (χ2v) is 8.27. The zero-order chi connectivity index (χ0) is 24.8. The molecule has 186 valence electrons. The molecule has 4 rings (SSSR count). The zero-order valence-corrected chi connectivity index (χ0v) is 20.4. The predicted molar refractivity (Wildman–Crippen MR) is 131 cm³/mol. The van der Waals surface area contributed by atoms with E-state index in [9.17, 15) is 9.59 Å². The average Bonchev–Trinajstić information content (AvgIpc) is 3.35. The van der Waals surface area contributed by atoms with Crippen molar-refractivity contribution in [1.29, 1.82) is 0 Å². The number of para-hydroxylation sites is 1. The van der Waals surface area contributed by atoms with Crippen LogP contribution in [0.25, 0.3) is 10.9 Å². The van der Waals surface area contributed by atoms with Crippen LogP contribution < -0.4 is 15.0 Å². The number of carbonyl (C=O) groups excluding carboxylic acids is 1. The van der Waals surface area contributed by atoms with E-state index in [1.807, 2.05) is 25.1 Å². The first-order chi connectivity index (χ1) is 17.1. The predicted octanol–water partition coefficient (Wildman–Crippen LogP) is 3.40. The Morgan fingerprint density at radius 3 is 2.66 bits per heavy atom. The average molecular weight is 482 g/mol. The van der Waals surface area contributed by atoms with E-state index in [2.05, 4.69) is 0 Å². The van der Waals surface area contributed by atoms with Crippen LogP contribution in [0, 0.1) is 0 Å². The minimum absolute atomic E-state index is 0.134. The van der Waals surface area contributed by atoms with E-state index in [0.717, 1.165) is 0 Å². The molecule has 0 fully saturated rings. The van der Waals surface area contributed by atoms with E-state index in [4.69, 9.17) is 23.9 Å². The molecule has 0 saturated carbocycles. The molecule has 1 atom stereocenters. The summed E-state index contributed by atoms with van der Waals surface area (Å²) < 4.78 is 23.0. The highest BCUT2D eigenvalue weighted by molar-refractivity contribution is 5.95. The van der Waals surface area contributed by atoms with Crippen molar-refractivity contribution >= 4 is 16.8 Å². The normalized spacial score (nSPS) is 13.2. The van der Waals surface area contributed by atoms with Crippen molar-refractivity contribution in [2.24, 2.45) is 0 Å². The van der Waals surface area contributed by atoms with Gasteiger partial charge in [0.2, 0.25) is 6.79 Å². The van der Waals surface area contributed by atoms with Crippen molar-refractivity contribution in [1.82, 2.24) is 14.5 Å². The summed E-state index contributed by atoms with van der Waals surface area (Å²) in [5.41, 5.74) is 0.942. The summed E-state index contributed by atoms with van der Waals surface area (Å²) >= 11 is 0. The van der Waals surface area contributed by atoms with Gasteiger partial charge in [-0.2, -0.15) is 0 Å². The number of aromatic nitrogens is 2. The van der Waals surface area contributed by atoms with E-state index >= 15 is 0 Å². The molecule has 2 heterocycles. The lowest BCUT2D eigenvalue weighted by molar-refractivity contribution is 0.0629. The number of amides is 1. The van der Waals surface area contributed by atoms with Crippen LogP contribution in [0.1, 0.15) is 42.0 Å². The fourth-order valence-corrected chi connectivity index (χ4v) is 4.35. The van der Waals surface area contributed by atoms with Gasteiger partial charge in [0.1, 0.15) is 5.82 Å². The second-order valence-electron chi connectivity index (χ2n) is 8.27. The first-order valence-corrected chi connectivity index (χ1v) is 11.8. The molecule has 3 aromatic rings. The van der Waals surface area contributed by atoms with Crippen molar-refractivity contribution in [3.63, 3.8) is 0 Å². The summed E-state index contributed by atoms with van der Waals surface area (Å²) in [6.07, 6.45) is 1.21. The van der Waals surface area contributed by atoms with Gasteiger partial charge in [0, 0.05) is 32.9 Å². The maximum Gasteiger partial charge on any atom is 0.261 e. The molecule has 0 radical (unpaired) electrons. The molecule has 0 spiro atoms. The Hall–Kier alpha value is -3.43. The third-order valence-corrected chi connectivity index (χ3v) is 6.10. The molecule has 1 amide bonds. The van der Waals surface area contributed by atoms with Crippen LogP contribution in [0.3, 0.4) is 0 Å². The number of hydrogen-bond donors (Lipinski definition) is 0. The minimum atomic E-state index is -0.432. The smallest absolute Gasteiger partial charge is 0.261 e. The van der Waals surface area contributed by atoms with E-state index in [-0.39, 0.29) is 18.3 Å². The highest BCUT2D eigenvalue weighted by atomic mass is 16.7. The molecule has 1 unspecified atom stereocenters. The zero-order valence-electron chi connectivity index (χ0n) is 20.4. The van der Waals surface area contributed by atoms with Gasteiger partial charge < -0.3 is 23.8 Å². The molecule has 0 aliphatic carbocycles. The molecule has 9 heteroatoms. The van der Waals surface area contributed by atoms with Gasteiger partial charge >= 0.3 is 0 Å². The fraction of sp³-hybridized carbons (Fsp3) is 0.423. The quantitative estimate of drug-likeness (QED) is 0.388. The number of hydrogen-bond acceptors (Lipinski definition) is 7. The molecule has 0 saturated heterocycles. The van der Waals surface area contributed by atoms with Crippen LogP contribution in [0.5, 0.6) is 11.5 Å². The van der Waals surface area contributed by atoms with Gasteiger partial charge in [-0.1, -0.05) is 19.1 Å². The lowest BCUT2D eigenvalue weighted by Gasteiger charge is -2.32. The van der Waals surface area contributed by atoms with Gasteiger partial charge in [0.05, 0.1) is 30.1 Å². The summed E-state index contributed by atoms with van der Waals surface area (Å²) in [5, 5.41) is 0.537. The molecular formula is C26H31N3O6. The Morgan fingerprint density at radius 1 is 1.11 bits per heavy atom. The van der Waals surface area contributed by atoms with E-state index in [0.29, 0.717) is 72.9 Å². The summed E-state index contributed by atoms with van der Waals surface area (Å²) in [6, 6.07) is 12.0. The topological polar surface area (TPSA) is 92.1 Å². The standard InChI is InChI=1S/C26H31N3O6/c1-4-21(24-27-20-9-6-5-8-19(20)26(31)29(24)13-15-33-3)28(12-7-14-32-2)25(30)18-10-11-22-23(16-18)35-17-34-22/h5-6,8-11,16,21H,4,7,12-15,17H2,1-3H3. The Kier molecular flexibility index (Phi) is 7.99. The number of ether oxygens (including phenoxy) is 4. The molecule has 1 aliphatic heterocycles. The van der Waals surface area contributed by atoms with Crippen LogP contribution in [-0.2, 0) is 16.0 Å². The second kappa shape index (κ2) is 11.3. The van der Waals surface area contributed by atoms with Crippen molar-refractivity contribution in [3.8, 4) is 11.5 Å². The Morgan fingerprint density at radius 2 is 1.89 bits per heavy atom. The van der Waals surface area contributed by atoms with Gasteiger partial charge in [-0.15, -0.1) is 0 Å². The number of fused-ring (bicyclic) bond motifs is 2. The van der Waals surface area contributed by atoms with E-state index < -0.39 is 6.04 Å². The number of benzene rings is 2. The Bertz CT molecular complexity index is 1240. The molecule has 1 aromatic heterocycles.